The number of halogens is 1. The van der Waals surface area contributed by atoms with Gasteiger partial charge in [-0.1, -0.05) is 6.08 Å². The quantitative estimate of drug-likeness (QED) is 0.523. The van der Waals surface area contributed by atoms with Crippen LogP contribution in [0.25, 0.3) is 0 Å². The lowest BCUT2D eigenvalue weighted by molar-refractivity contribution is 0.628. The number of anilines is 1. The lowest BCUT2D eigenvalue weighted by Gasteiger charge is -2.16. The maximum Gasteiger partial charge on any atom is 0.125 e. The van der Waals surface area contributed by atoms with Crippen LogP contribution < -0.4 is 11.1 Å². The molecule has 16 heavy (non-hydrogen) atoms. The second kappa shape index (κ2) is 4.45. The summed E-state index contributed by atoms with van der Waals surface area (Å²) in [6.07, 6.45) is 2.80. The molecule has 1 aromatic rings. The molecule has 0 bridgehead atoms. The lowest BCUT2D eigenvalue weighted by atomic mass is 9.97. The summed E-state index contributed by atoms with van der Waals surface area (Å²) in [4.78, 5) is 0. The summed E-state index contributed by atoms with van der Waals surface area (Å²) in [5.41, 5.74) is 8.01. The van der Waals surface area contributed by atoms with E-state index in [1.54, 1.807) is 6.07 Å². The maximum absolute atomic E-state index is 12.9. The molecule has 2 rings (SSSR count). The third-order valence-corrected chi connectivity index (χ3v) is 2.67. The Labute approximate surface area is 93.7 Å². The summed E-state index contributed by atoms with van der Waals surface area (Å²) in [7, 11) is 0. The van der Waals surface area contributed by atoms with Crippen LogP contribution in [0.4, 0.5) is 10.1 Å². The highest BCUT2D eigenvalue weighted by molar-refractivity contribution is 6.13. The van der Waals surface area contributed by atoms with Crippen LogP contribution in [0, 0.1) is 11.2 Å². The van der Waals surface area contributed by atoms with Crippen LogP contribution in [0.15, 0.2) is 29.8 Å². The van der Waals surface area contributed by atoms with Gasteiger partial charge in [-0.25, -0.2) is 4.39 Å². The first-order valence-electron chi connectivity index (χ1n) is 5.22. The number of benzene rings is 1. The zero-order chi connectivity index (χ0) is 11.5. The van der Waals surface area contributed by atoms with E-state index >= 15 is 0 Å². The summed E-state index contributed by atoms with van der Waals surface area (Å²) < 4.78 is 12.9. The van der Waals surface area contributed by atoms with Gasteiger partial charge in [0, 0.05) is 17.8 Å². The van der Waals surface area contributed by atoms with Crippen molar-refractivity contribution in [3.8, 4) is 0 Å². The highest BCUT2D eigenvalue weighted by atomic mass is 19.1. The molecule has 0 unspecified atom stereocenters. The molecule has 4 N–H and O–H groups in total. The Balaban J connectivity index is 2.30. The number of nitrogens with one attached hydrogen (secondary N) is 2. The zero-order valence-electron chi connectivity index (χ0n) is 8.89. The van der Waals surface area contributed by atoms with Crippen molar-refractivity contribution in [2.24, 2.45) is 0 Å². The van der Waals surface area contributed by atoms with E-state index in [0.717, 1.165) is 25.1 Å². The maximum atomic E-state index is 12.9. The van der Waals surface area contributed by atoms with Crippen molar-refractivity contribution < 1.29 is 4.39 Å². The van der Waals surface area contributed by atoms with Crippen molar-refractivity contribution >= 4 is 11.4 Å². The van der Waals surface area contributed by atoms with E-state index in [-0.39, 0.29) is 5.82 Å². The summed E-state index contributed by atoms with van der Waals surface area (Å²) >= 11 is 0. The van der Waals surface area contributed by atoms with E-state index in [2.05, 4.69) is 5.32 Å². The number of nitrogens with two attached hydrogens (primary N) is 1. The monoisotopic (exact) mass is 219 g/mol. The lowest BCUT2D eigenvalue weighted by Crippen LogP contribution is -2.23. The Morgan fingerprint density at radius 3 is 2.88 bits per heavy atom. The van der Waals surface area contributed by atoms with Crippen molar-refractivity contribution in [1.82, 2.24) is 5.32 Å². The van der Waals surface area contributed by atoms with Gasteiger partial charge in [0.05, 0.1) is 5.71 Å². The van der Waals surface area contributed by atoms with Gasteiger partial charge < -0.3 is 11.1 Å². The van der Waals surface area contributed by atoms with Crippen LogP contribution in [0.5, 0.6) is 0 Å². The van der Waals surface area contributed by atoms with Crippen LogP contribution in [0.2, 0.25) is 0 Å². The molecule has 0 spiro atoms. The minimum Gasteiger partial charge on any atom is -0.398 e. The summed E-state index contributed by atoms with van der Waals surface area (Å²) in [6, 6.07) is 4.16. The van der Waals surface area contributed by atoms with Gasteiger partial charge in [-0.05, 0) is 36.7 Å². The van der Waals surface area contributed by atoms with Gasteiger partial charge in [0.2, 0.25) is 0 Å². The Bertz CT molecular complexity index is 452. The topological polar surface area (TPSA) is 61.9 Å². The predicted molar refractivity (Wildman–Crippen MR) is 63.2 cm³/mol. The third-order valence-electron chi connectivity index (χ3n) is 2.67. The average Bonchev–Trinajstić information content (AvgIpc) is 2.29. The molecular formula is C12H14FN3. The second-order valence-corrected chi connectivity index (χ2v) is 3.79. The highest BCUT2D eigenvalue weighted by Gasteiger charge is 2.13. The molecule has 0 amide bonds. The second-order valence-electron chi connectivity index (χ2n) is 3.79. The van der Waals surface area contributed by atoms with Crippen molar-refractivity contribution in [3.05, 3.63) is 41.2 Å². The molecule has 84 valence electrons. The van der Waals surface area contributed by atoms with Gasteiger partial charge >= 0.3 is 0 Å². The average molecular weight is 219 g/mol. The molecule has 1 heterocycles. The molecule has 0 atom stereocenters. The van der Waals surface area contributed by atoms with E-state index in [1.165, 1.54) is 12.1 Å². The largest absolute Gasteiger partial charge is 0.398 e. The van der Waals surface area contributed by atoms with Gasteiger partial charge in [0.25, 0.3) is 0 Å². The first-order valence-corrected chi connectivity index (χ1v) is 5.22. The van der Waals surface area contributed by atoms with E-state index < -0.39 is 0 Å². The zero-order valence-corrected chi connectivity index (χ0v) is 8.89. The Morgan fingerprint density at radius 2 is 2.25 bits per heavy atom. The van der Waals surface area contributed by atoms with E-state index in [1.807, 2.05) is 6.08 Å². The first kappa shape index (κ1) is 10.8. The van der Waals surface area contributed by atoms with Crippen LogP contribution in [0.3, 0.4) is 0 Å². The highest BCUT2D eigenvalue weighted by Crippen LogP contribution is 2.19. The SMILES string of the molecule is N=C(C1=CCNCC1)c1ccc(F)cc1N. The molecule has 1 aliphatic heterocycles. The molecule has 0 saturated carbocycles. The van der Waals surface area contributed by atoms with Gasteiger partial charge in [0.1, 0.15) is 5.82 Å². The third kappa shape index (κ3) is 2.12. The Kier molecular flexibility index (Phi) is 3.01. The number of rotatable bonds is 2. The smallest absolute Gasteiger partial charge is 0.125 e. The molecule has 1 aliphatic rings. The molecule has 0 fully saturated rings. The van der Waals surface area contributed by atoms with Crippen LogP contribution in [-0.2, 0) is 0 Å². The van der Waals surface area contributed by atoms with Crippen molar-refractivity contribution in [1.29, 1.82) is 5.41 Å². The Hall–Kier alpha value is -1.68. The van der Waals surface area contributed by atoms with Gasteiger partial charge in [-0.2, -0.15) is 0 Å². The molecule has 0 aromatic heterocycles. The fourth-order valence-electron chi connectivity index (χ4n) is 1.78. The molecule has 0 radical (unpaired) electrons. The van der Waals surface area contributed by atoms with Crippen LogP contribution >= 0.6 is 0 Å². The minimum atomic E-state index is -0.367. The fourth-order valence-corrected chi connectivity index (χ4v) is 1.78. The van der Waals surface area contributed by atoms with E-state index in [0.29, 0.717) is 17.0 Å². The number of nitrogen functional groups attached to an aromatic ring is 1. The van der Waals surface area contributed by atoms with Crippen molar-refractivity contribution in [2.75, 3.05) is 18.8 Å². The van der Waals surface area contributed by atoms with Gasteiger partial charge in [0.15, 0.2) is 0 Å². The molecule has 4 heteroatoms. The predicted octanol–water partition coefficient (Wildman–Crippen LogP) is 1.70. The molecule has 1 aromatic carbocycles. The van der Waals surface area contributed by atoms with Crippen molar-refractivity contribution in [2.45, 2.75) is 6.42 Å². The van der Waals surface area contributed by atoms with Crippen LogP contribution in [0.1, 0.15) is 12.0 Å². The minimum absolute atomic E-state index is 0.324. The Morgan fingerprint density at radius 1 is 1.44 bits per heavy atom. The summed E-state index contributed by atoms with van der Waals surface area (Å²) in [5.74, 6) is -0.367. The van der Waals surface area contributed by atoms with Crippen molar-refractivity contribution in [3.63, 3.8) is 0 Å². The van der Waals surface area contributed by atoms with Gasteiger partial charge in [-0.15, -0.1) is 0 Å². The summed E-state index contributed by atoms with van der Waals surface area (Å²) in [5, 5.41) is 11.2. The standard InChI is InChI=1S/C12H14FN3/c13-9-1-2-10(11(14)7-9)12(15)8-3-5-16-6-4-8/h1-3,7,15-16H,4-6,14H2. The first-order chi connectivity index (χ1) is 7.68. The van der Waals surface area contributed by atoms with Crippen LogP contribution in [-0.4, -0.2) is 18.8 Å². The normalized spacial score (nSPS) is 15.7. The molecule has 0 saturated heterocycles. The number of hydrogen-bond acceptors (Lipinski definition) is 3. The molecule has 0 aliphatic carbocycles. The number of hydrogen-bond donors (Lipinski definition) is 3. The fraction of sp³-hybridized carbons (Fsp3) is 0.250. The van der Waals surface area contributed by atoms with Gasteiger partial charge in [-0.3, -0.25) is 5.41 Å². The van der Waals surface area contributed by atoms with E-state index in [4.69, 9.17) is 11.1 Å². The molecule has 3 nitrogen and oxygen atoms in total. The summed E-state index contributed by atoms with van der Waals surface area (Å²) in [6.45, 7) is 1.65. The van der Waals surface area contributed by atoms with E-state index in [9.17, 15) is 4.39 Å². The molecular weight excluding hydrogens is 205 g/mol.